The van der Waals surface area contributed by atoms with Gasteiger partial charge in [0.15, 0.2) is 0 Å². The van der Waals surface area contributed by atoms with Gasteiger partial charge in [0.05, 0.1) is 17.3 Å². The molecule has 7 heteroatoms. The monoisotopic (exact) mass is 363 g/mol. The van der Waals surface area contributed by atoms with E-state index in [-0.39, 0.29) is 11.9 Å². The van der Waals surface area contributed by atoms with Gasteiger partial charge < -0.3 is 9.88 Å². The number of aromatic amines is 1. The van der Waals surface area contributed by atoms with E-state index >= 15 is 0 Å². The molecule has 0 saturated carbocycles. The van der Waals surface area contributed by atoms with Gasteiger partial charge in [-0.05, 0) is 38.3 Å². The van der Waals surface area contributed by atoms with Crippen LogP contribution in [0.4, 0.5) is 0 Å². The number of piperidine rings is 1. The predicted molar refractivity (Wildman–Crippen MR) is 99.3 cm³/mol. The summed E-state index contributed by atoms with van der Waals surface area (Å²) in [4.78, 5) is 18.1. The van der Waals surface area contributed by atoms with Gasteiger partial charge in [-0.1, -0.05) is 12.1 Å². The van der Waals surface area contributed by atoms with Crippen molar-refractivity contribution in [3.05, 3.63) is 35.0 Å². The second kappa shape index (κ2) is 6.46. The first-order valence-corrected chi connectivity index (χ1v) is 10.3. The van der Waals surface area contributed by atoms with Gasteiger partial charge in [0.2, 0.25) is 10.0 Å². The van der Waals surface area contributed by atoms with Crippen LogP contribution in [0.2, 0.25) is 0 Å². The number of amides is 1. The molecule has 1 aromatic carbocycles. The molecule has 25 heavy (non-hydrogen) atoms. The maximum absolute atomic E-state index is 13.0. The number of H-pyrrole nitrogens is 1. The standard InChI is InChI=1S/C18H25N3O3S/c1-12-13(2)19-17-15(12)6-5-7-16(17)18(22)21-10-8-14(9-11-21)20(3)25(4,23)24/h5-7,14,19H,8-11H2,1-4H3. The van der Waals surface area contributed by atoms with E-state index < -0.39 is 10.0 Å². The summed E-state index contributed by atoms with van der Waals surface area (Å²) in [5.41, 5.74) is 3.81. The molecule has 1 aliphatic rings. The summed E-state index contributed by atoms with van der Waals surface area (Å²) in [5.74, 6) is 0.00677. The summed E-state index contributed by atoms with van der Waals surface area (Å²) in [6.07, 6.45) is 2.54. The molecule has 0 aliphatic carbocycles. The van der Waals surface area contributed by atoms with Crippen molar-refractivity contribution in [3.8, 4) is 0 Å². The van der Waals surface area contributed by atoms with Crippen molar-refractivity contribution in [3.63, 3.8) is 0 Å². The fourth-order valence-electron chi connectivity index (χ4n) is 3.53. The maximum atomic E-state index is 13.0. The van der Waals surface area contributed by atoms with Gasteiger partial charge in [-0.25, -0.2) is 12.7 Å². The van der Waals surface area contributed by atoms with E-state index in [0.717, 1.165) is 22.2 Å². The fourth-order valence-corrected chi connectivity index (χ4v) is 4.29. The lowest BCUT2D eigenvalue weighted by molar-refractivity contribution is 0.0688. The van der Waals surface area contributed by atoms with Gasteiger partial charge in [-0.3, -0.25) is 4.79 Å². The molecule has 0 unspecified atom stereocenters. The van der Waals surface area contributed by atoms with Crippen molar-refractivity contribution in [2.45, 2.75) is 32.7 Å². The van der Waals surface area contributed by atoms with Crippen molar-refractivity contribution in [2.75, 3.05) is 26.4 Å². The molecule has 1 aromatic heterocycles. The van der Waals surface area contributed by atoms with E-state index in [1.54, 1.807) is 7.05 Å². The molecule has 136 valence electrons. The Bertz CT molecular complexity index is 909. The van der Waals surface area contributed by atoms with Gasteiger partial charge in [0, 0.05) is 37.3 Å². The Kier molecular flexibility index (Phi) is 4.64. The van der Waals surface area contributed by atoms with Crippen LogP contribution in [-0.4, -0.2) is 60.9 Å². The molecule has 1 amide bonds. The van der Waals surface area contributed by atoms with Gasteiger partial charge in [-0.15, -0.1) is 0 Å². The molecule has 0 radical (unpaired) electrons. The van der Waals surface area contributed by atoms with Crippen molar-refractivity contribution in [1.82, 2.24) is 14.2 Å². The van der Waals surface area contributed by atoms with E-state index in [2.05, 4.69) is 11.9 Å². The molecule has 1 fully saturated rings. The van der Waals surface area contributed by atoms with Crippen LogP contribution in [0.1, 0.15) is 34.5 Å². The summed E-state index contributed by atoms with van der Waals surface area (Å²) >= 11 is 0. The van der Waals surface area contributed by atoms with Crippen LogP contribution in [0.15, 0.2) is 18.2 Å². The Labute approximate surface area is 148 Å². The Morgan fingerprint density at radius 2 is 1.88 bits per heavy atom. The number of rotatable bonds is 3. The number of aryl methyl sites for hydroxylation is 2. The minimum atomic E-state index is -3.20. The predicted octanol–water partition coefficient (Wildman–Crippen LogP) is 2.28. The summed E-state index contributed by atoms with van der Waals surface area (Å²) in [6.45, 7) is 5.20. The summed E-state index contributed by atoms with van der Waals surface area (Å²) < 4.78 is 24.8. The quantitative estimate of drug-likeness (QED) is 0.909. The summed E-state index contributed by atoms with van der Waals surface area (Å²) in [5, 5.41) is 1.08. The number of carbonyl (C=O) groups is 1. The Balaban J connectivity index is 1.79. The topological polar surface area (TPSA) is 73.5 Å². The molecule has 0 spiro atoms. The number of nitrogens with zero attached hydrogens (tertiary/aromatic N) is 2. The molecule has 6 nitrogen and oxygen atoms in total. The lowest BCUT2D eigenvalue weighted by Crippen LogP contribution is -2.47. The van der Waals surface area contributed by atoms with E-state index in [1.165, 1.54) is 10.6 Å². The molecule has 0 bridgehead atoms. The van der Waals surface area contributed by atoms with Crippen molar-refractivity contribution in [1.29, 1.82) is 0 Å². The van der Waals surface area contributed by atoms with Crippen LogP contribution < -0.4 is 0 Å². The molecule has 0 atom stereocenters. The third kappa shape index (κ3) is 3.30. The number of likely N-dealkylation sites (tertiary alicyclic amines) is 1. The Morgan fingerprint density at radius 3 is 2.48 bits per heavy atom. The van der Waals surface area contributed by atoms with Crippen molar-refractivity contribution in [2.24, 2.45) is 0 Å². The SMILES string of the molecule is Cc1[nH]c2c(C(=O)N3CCC(N(C)S(C)(=O)=O)CC3)cccc2c1C. The summed E-state index contributed by atoms with van der Waals surface area (Å²) in [7, 11) is -1.58. The lowest BCUT2D eigenvalue weighted by Gasteiger charge is -2.35. The average Bonchev–Trinajstić information content (AvgIpc) is 2.87. The Morgan fingerprint density at radius 1 is 1.24 bits per heavy atom. The zero-order chi connectivity index (χ0) is 18.4. The number of sulfonamides is 1. The highest BCUT2D eigenvalue weighted by atomic mass is 32.2. The Hall–Kier alpha value is -1.86. The van der Waals surface area contributed by atoms with Crippen LogP contribution in [0, 0.1) is 13.8 Å². The number of hydrogen-bond donors (Lipinski definition) is 1. The zero-order valence-corrected chi connectivity index (χ0v) is 16.0. The van der Waals surface area contributed by atoms with E-state index in [0.29, 0.717) is 31.5 Å². The van der Waals surface area contributed by atoms with Crippen LogP contribution in [0.5, 0.6) is 0 Å². The lowest BCUT2D eigenvalue weighted by atomic mass is 10.0. The smallest absolute Gasteiger partial charge is 0.255 e. The number of para-hydroxylation sites is 1. The number of carbonyl (C=O) groups excluding carboxylic acids is 1. The molecular weight excluding hydrogens is 338 g/mol. The van der Waals surface area contributed by atoms with Gasteiger partial charge in [0.1, 0.15) is 0 Å². The third-order valence-electron chi connectivity index (χ3n) is 5.36. The highest BCUT2D eigenvalue weighted by Crippen LogP contribution is 2.26. The first-order valence-electron chi connectivity index (χ1n) is 8.50. The minimum absolute atomic E-state index is 0.00677. The molecule has 3 rings (SSSR count). The zero-order valence-electron chi connectivity index (χ0n) is 15.2. The van der Waals surface area contributed by atoms with Crippen LogP contribution in [-0.2, 0) is 10.0 Å². The van der Waals surface area contributed by atoms with E-state index in [4.69, 9.17) is 0 Å². The molecule has 2 heterocycles. The van der Waals surface area contributed by atoms with Crippen LogP contribution in [0.3, 0.4) is 0 Å². The van der Waals surface area contributed by atoms with Crippen molar-refractivity contribution < 1.29 is 13.2 Å². The molecule has 1 saturated heterocycles. The molecular formula is C18H25N3O3S. The van der Waals surface area contributed by atoms with Crippen LogP contribution >= 0.6 is 0 Å². The highest BCUT2D eigenvalue weighted by molar-refractivity contribution is 7.88. The van der Waals surface area contributed by atoms with Gasteiger partial charge in [0.25, 0.3) is 5.91 Å². The fraction of sp³-hybridized carbons (Fsp3) is 0.500. The van der Waals surface area contributed by atoms with Gasteiger partial charge >= 0.3 is 0 Å². The third-order valence-corrected chi connectivity index (χ3v) is 6.71. The number of fused-ring (bicyclic) bond motifs is 1. The van der Waals surface area contributed by atoms with Crippen LogP contribution in [0.25, 0.3) is 10.9 Å². The number of benzene rings is 1. The molecule has 1 N–H and O–H groups in total. The second-order valence-electron chi connectivity index (χ2n) is 6.91. The van der Waals surface area contributed by atoms with Crippen molar-refractivity contribution >= 4 is 26.8 Å². The van der Waals surface area contributed by atoms with Gasteiger partial charge in [-0.2, -0.15) is 0 Å². The minimum Gasteiger partial charge on any atom is -0.358 e. The number of aromatic nitrogens is 1. The first kappa shape index (κ1) is 17.9. The number of hydrogen-bond acceptors (Lipinski definition) is 3. The summed E-state index contributed by atoms with van der Waals surface area (Å²) in [6, 6.07) is 5.76. The average molecular weight is 363 g/mol. The molecule has 2 aromatic rings. The van der Waals surface area contributed by atoms with E-state index in [1.807, 2.05) is 30.0 Å². The number of nitrogens with one attached hydrogen (secondary N) is 1. The largest absolute Gasteiger partial charge is 0.358 e. The second-order valence-corrected chi connectivity index (χ2v) is 8.95. The highest BCUT2D eigenvalue weighted by Gasteiger charge is 2.30. The normalized spacial score (nSPS) is 16.8. The van der Waals surface area contributed by atoms with E-state index in [9.17, 15) is 13.2 Å². The maximum Gasteiger partial charge on any atom is 0.255 e. The molecule has 1 aliphatic heterocycles. The first-order chi connectivity index (χ1) is 11.7.